The van der Waals surface area contributed by atoms with Crippen LogP contribution in [0.4, 0.5) is 28.7 Å². The second-order valence-corrected chi connectivity index (χ2v) is 6.82. The zero-order chi connectivity index (χ0) is 21.4. The maximum atomic E-state index is 11.9. The molecule has 10 nitrogen and oxygen atoms in total. The van der Waals surface area contributed by atoms with Crippen molar-refractivity contribution in [2.45, 2.75) is 6.92 Å². The minimum atomic E-state index is -0.526. The van der Waals surface area contributed by atoms with Crippen LogP contribution in [0.2, 0.25) is 0 Å². The van der Waals surface area contributed by atoms with Crippen molar-refractivity contribution in [1.29, 1.82) is 0 Å². The van der Waals surface area contributed by atoms with Crippen LogP contribution in [0.1, 0.15) is 5.69 Å². The van der Waals surface area contributed by atoms with Crippen LogP contribution < -0.4 is 20.1 Å². The number of nitrogens with zero attached hydrogens (tertiary/aromatic N) is 4. The van der Waals surface area contributed by atoms with Crippen LogP contribution in [0, 0.1) is 17.0 Å². The Hall–Kier alpha value is -4.47. The molecule has 0 aliphatic carbocycles. The first-order valence-corrected chi connectivity index (χ1v) is 9.38. The first-order chi connectivity index (χ1) is 15.1. The summed E-state index contributed by atoms with van der Waals surface area (Å²) in [4.78, 5) is 24.1. The fourth-order valence-electron chi connectivity index (χ4n) is 3.32. The normalized spacial score (nSPS) is 12.0. The SMILES string of the molecule is Cc1ccc2cccc(Nc3ncnc(Nc4ccc5c(c4)OCO5)c3[N+](=O)[O-])c2n1. The van der Waals surface area contributed by atoms with E-state index in [0.29, 0.717) is 28.4 Å². The Morgan fingerprint density at radius 2 is 1.81 bits per heavy atom. The van der Waals surface area contributed by atoms with E-state index < -0.39 is 4.92 Å². The Balaban J connectivity index is 1.53. The van der Waals surface area contributed by atoms with Gasteiger partial charge in [-0.05, 0) is 31.2 Å². The summed E-state index contributed by atoms with van der Waals surface area (Å²) in [5, 5.41) is 18.8. The summed E-state index contributed by atoms with van der Waals surface area (Å²) >= 11 is 0. The molecule has 1 aliphatic rings. The molecule has 154 valence electrons. The predicted molar refractivity (Wildman–Crippen MR) is 114 cm³/mol. The van der Waals surface area contributed by atoms with Gasteiger partial charge in [0.25, 0.3) is 0 Å². The lowest BCUT2D eigenvalue weighted by Crippen LogP contribution is -2.06. The van der Waals surface area contributed by atoms with Crippen molar-refractivity contribution in [2.24, 2.45) is 0 Å². The van der Waals surface area contributed by atoms with Gasteiger partial charge in [0.2, 0.25) is 18.4 Å². The molecule has 0 unspecified atom stereocenters. The number of benzene rings is 2. The number of nitro groups is 1. The Labute approximate surface area is 176 Å². The molecule has 2 N–H and O–H groups in total. The van der Waals surface area contributed by atoms with Gasteiger partial charge in [0, 0.05) is 22.8 Å². The number of nitrogens with one attached hydrogen (secondary N) is 2. The summed E-state index contributed by atoms with van der Waals surface area (Å²) in [5.41, 5.74) is 2.42. The standard InChI is InChI=1S/C21H16N6O4/c1-12-5-6-13-3-2-4-15(18(13)24-12)26-21-19(27(28)29)20(22-10-23-21)25-14-7-8-16-17(9-14)31-11-30-16/h2-10H,11H2,1H3,(H2,22,23,25,26). The van der Waals surface area contributed by atoms with Crippen molar-refractivity contribution in [3.05, 3.63) is 70.7 Å². The molecule has 0 saturated carbocycles. The summed E-state index contributed by atoms with van der Waals surface area (Å²) in [5.74, 6) is 1.27. The largest absolute Gasteiger partial charge is 0.454 e. The third-order valence-electron chi connectivity index (χ3n) is 4.75. The van der Waals surface area contributed by atoms with Crippen LogP contribution in [0.25, 0.3) is 10.9 Å². The van der Waals surface area contributed by atoms with E-state index >= 15 is 0 Å². The highest BCUT2D eigenvalue weighted by molar-refractivity contribution is 5.93. The first kappa shape index (κ1) is 18.6. The van der Waals surface area contributed by atoms with Gasteiger partial charge >= 0.3 is 5.69 Å². The monoisotopic (exact) mass is 416 g/mol. The molecule has 0 amide bonds. The Bertz CT molecular complexity index is 1330. The molecule has 3 heterocycles. The summed E-state index contributed by atoms with van der Waals surface area (Å²) < 4.78 is 10.7. The van der Waals surface area contributed by atoms with E-state index in [9.17, 15) is 10.1 Å². The Morgan fingerprint density at radius 3 is 2.65 bits per heavy atom. The van der Waals surface area contributed by atoms with E-state index in [2.05, 4.69) is 25.6 Å². The maximum absolute atomic E-state index is 11.9. The van der Waals surface area contributed by atoms with E-state index in [1.54, 1.807) is 24.3 Å². The van der Waals surface area contributed by atoms with Crippen LogP contribution in [-0.2, 0) is 0 Å². The molecule has 0 bridgehead atoms. The number of aromatic nitrogens is 3. The molecule has 5 rings (SSSR count). The maximum Gasteiger partial charge on any atom is 0.353 e. The number of para-hydroxylation sites is 1. The molecule has 1 aliphatic heterocycles. The zero-order valence-electron chi connectivity index (χ0n) is 16.3. The lowest BCUT2D eigenvalue weighted by atomic mass is 10.1. The molecular formula is C21H16N6O4. The lowest BCUT2D eigenvalue weighted by molar-refractivity contribution is -0.383. The third-order valence-corrected chi connectivity index (χ3v) is 4.75. The summed E-state index contributed by atoms with van der Waals surface area (Å²) in [6.07, 6.45) is 1.26. The van der Waals surface area contributed by atoms with E-state index in [1.807, 2.05) is 31.2 Å². The van der Waals surface area contributed by atoms with Crippen molar-refractivity contribution >= 4 is 39.6 Å². The first-order valence-electron chi connectivity index (χ1n) is 9.38. The average Bonchev–Trinajstić information content (AvgIpc) is 3.22. The number of hydrogen-bond acceptors (Lipinski definition) is 9. The second-order valence-electron chi connectivity index (χ2n) is 6.82. The fraction of sp³-hybridized carbons (Fsp3) is 0.0952. The Kier molecular flexibility index (Phi) is 4.43. The van der Waals surface area contributed by atoms with Gasteiger partial charge in [0.05, 0.1) is 16.1 Å². The molecule has 0 atom stereocenters. The van der Waals surface area contributed by atoms with Crippen LogP contribution in [-0.4, -0.2) is 26.7 Å². The molecule has 10 heteroatoms. The highest BCUT2D eigenvalue weighted by Gasteiger charge is 2.24. The van der Waals surface area contributed by atoms with Gasteiger partial charge in [-0.1, -0.05) is 18.2 Å². The zero-order valence-corrected chi connectivity index (χ0v) is 16.3. The van der Waals surface area contributed by atoms with Crippen molar-refractivity contribution in [2.75, 3.05) is 17.4 Å². The summed E-state index contributed by atoms with van der Waals surface area (Å²) in [7, 11) is 0. The van der Waals surface area contributed by atoms with Crippen LogP contribution >= 0.6 is 0 Å². The molecule has 0 spiro atoms. The highest BCUT2D eigenvalue weighted by atomic mass is 16.7. The predicted octanol–water partition coefficient (Wildman–Crippen LogP) is 4.46. The van der Waals surface area contributed by atoms with E-state index in [4.69, 9.17) is 9.47 Å². The molecule has 2 aromatic carbocycles. The van der Waals surface area contributed by atoms with Gasteiger partial charge in [-0.15, -0.1) is 0 Å². The third kappa shape index (κ3) is 3.50. The number of ether oxygens (including phenoxy) is 2. The second kappa shape index (κ2) is 7.41. The summed E-state index contributed by atoms with van der Waals surface area (Å²) in [6, 6.07) is 14.6. The summed E-state index contributed by atoms with van der Waals surface area (Å²) in [6.45, 7) is 2.02. The average molecular weight is 416 g/mol. The van der Waals surface area contributed by atoms with Gasteiger partial charge in [0.1, 0.15) is 6.33 Å². The van der Waals surface area contributed by atoms with Gasteiger partial charge in [0.15, 0.2) is 11.5 Å². The van der Waals surface area contributed by atoms with Gasteiger partial charge < -0.3 is 20.1 Å². The molecule has 4 aromatic rings. The van der Waals surface area contributed by atoms with Crippen LogP contribution in [0.15, 0.2) is 54.9 Å². The highest BCUT2D eigenvalue weighted by Crippen LogP contribution is 2.38. The van der Waals surface area contributed by atoms with E-state index in [0.717, 1.165) is 11.1 Å². The minimum absolute atomic E-state index is 0.0470. The van der Waals surface area contributed by atoms with Crippen molar-refractivity contribution < 1.29 is 14.4 Å². The molecular weight excluding hydrogens is 400 g/mol. The number of anilines is 4. The number of fused-ring (bicyclic) bond motifs is 2. The van der Waals surface area contributed by atoms with Crippen molar-refractivity contribution in [1.82, 2.24) is 15.0 Å². The Morgan fingerprint density at radius 1 is 1.00 bits per heavy atom. The van der Waals surface area contributed by atoms with Crippen LogP contribution in [0.5, 0.6) is 11.5 Å². The number of pyridine rings is 1. The number of hydrogen-bond donors (Lipinski definition) is 2. The number of aryl methyl sites for hydroxylation is 1. The van der Waals surface area contributed by atoms with Gasteiger partial charge in [-0.3, -0.25) is 15.1 Å². The molecule has 0 radical (unpaired) electrons. The minimum Gasteiger partial charge on any atom is -0.454 e. The van der Waals surface area contributed by atoms with Gasteiger partial charge in [-0.25, -0.2) is 9.97 Å². The fourth-order valence-corrected chi connectivity index (χ4v) is 3.32. The van der Waals surface area contributed by atoms with Crippen molar-refractivity contribution in [3.8, 4) is 11.5 Å². The van der Waals surface area contributed by atoms with Gasteiger partial charge in [-0.2, -0.15) is 0 Å². The van der Waals surface area contributed by atoms with E-state index in [-0.39, 0.29) is 24.1 Å². The van der Waals surface area contributed by atoms with E-state index in [1.165, 1.54) is 6.33 Å². The smallest absolute Gasteiger partial charge is 0.353 e. The molecule has 0 saturated heterocycles. The topological polar surface area (TPSA) is 124 Å². The number of rotatable bonds is 5. The molecule has 2 aromatic heterocycles. The van der Waals surface area contributed by atoms with Crippen LogP contribution in [0.3, 0.4) is 0 Å². The van der Waals surface area contributed by atoms with Crippen molar-refractivity contribution in [3.63, 3.8) is 0 Å². The quantitative estimate of drug-likeness (QED) is 0.358. The molecule has 0 fully saturated rings. The molecule has 31 heavy (non-hydrogen) atoms. The lowest BCUT2D eigenvalue weighted by Gasteiger charge is -2.12.